The van der Waals surface area contributed by atoms with E-state index in [-0.39, 0.29) is 31.4 Å². The molecule has 0 aliphatic carbocycles. The number of aryl methyl sites for hydroxylation is 1. The molecule has 2 aromatic rings. The number of cyclic esters (lactones) is 1. The molecule has 1 aliphatic rings. The van der Waals surface area contributed by atoms with Crippen molar-refractivity contribution in [3.63, 3.8) is 0 Å². The maximum absolute atomic E-state index is 13.6. The first-order chi connectivity index (χ1) is 16.4. The fourth-order valence-electron chi connectivity index (χ4n) is 3.97. The number of nitrogens with one attached hydrogen (secondary N) is 1. The zero-order chi connectivity index (χ0) is 24.5. The number of benzene rings is 2. The van der Waals surface area contributed by atoms with E-state index in [0.29, 0.717) is 36.5 Å². The van der Waals surface area contributed by atoms with Gasteiger partial charge in [-0.1, -0.05) is 54.9 Å². The normalized spacial score (nSPS) is 17.3. The van der Waals surface area contributed by atoms with E-state index in [9.17, 15) is 14.4 Å². The van der Waals surface area contributed by atoms with Gasteiger partial charge in [-0.3, -0.25) is 14.4 Å². The lowest BCUT2D eigenvalue weighted by Crippen LogP contribution is -2.45. The zero-order valence-corrected chi connectivity index (χ0v) is 20.1. The summed E-state index contributed by atoms with van der Waals surface area (Å²) in [6.07, 6.45) is 1.20. The average Bonchev–Trinajstić information content (AvgIpc) is 3.23. The molecule has 1 heterocycles. The molecule has 3 rings (SSSR count). The Hall–Kier alpha value is -2.90. The average molecular weight is 487 g/mol. The molecule has 0 spiro atoms. The Bertz CT molecular complexity index is 978. The van der Waals surface area contributed by atoms with Crippen LogP contribution in [0.25, 0.3) is 0 Å². The molecule has 0 saturated carbocycles. The number of hydrogen-bond donors (Lipinski definition) is 2. The summed E-state index contributed by atoms with van der Waals surface area (Å²) in [5, 5.41) is 12.2. The minimum Gasteiger partial charge on any atom is -0.457 e. The summed E-state index contributed by atoms with van der Waals surface area (Å²) in [6, 6.07) is 15.0. The van der Waals surface area contributed by atoms with Gasteiger partial charge in [0, 0.05) is 24.7 Å². The van der Waals surface area contributed by atoms with Gasteiger partial charge in [-0.2, -0.15) is 0 Å². The fourth-order valence-corrected chi connectivity index (χ4v) is 4.10. The minimum absolute atomic E-state index is 0.0268. The maximum Gasteiger partial charge on any atom is 0.307 e. The number of halogens is 1. The van der Waals surface area contributed by atoms with Gasteiger partial charge in [0.25, 0.3) is 0 Å². The molecule has 0 bridgehead atoms. The van der Waals surface area contributed by atoms with Crippen molar-refractivity contribution >= 4 is 29.4 Å². The molecule has 1 saturated heterocycles. The van der Waals surface area contributed by atoms with Gasteiger partial charge in [0.2, 0.25) is 11.8 Å². The van der Waals surface area contributed by atoms with Gasteiger partial charge in [-0.25, -0.2) is 0 Å². The predicted octanol–water partition coefficient (Wildman–Crippen LogP) is 3.08. The third-order valence-corrected chi connectivity index (χ3v) is 6.18. The summed E-state index contributed by atoms with van der Waals surface area (Å²) in [5.74, 6) is -1.77. The van der Waals surface area contributed by atoms with E-state index in [2.05, 4.69) is 24.4 Å². The van der Waals surface area contributed by atoms with Crippen LogP contribution in [0.3, 0.4) is 0 Å². The first-order valence-electron chi connectivity index (χ1n) is 11.6. The molecule has 2 amide bonds. The number of esters is 1. The fraction of sp³-hybridized carbons (Fsp3) is 0.423. The third kappa shape index (κ3) is 7.05. The van der Waals surface area contributed by atoms with E-state index in [1.807, 2.05) is 12.1 Å². The molecule has 1 unspecified atom stereocenters. The van der Waals surface area contributed by atoms with Gasteiger partial charge in [-0.05, 0) is 48.1 Å². The number of carbonyl (C=O) groups is 3. The molecule has 0 radical (unpaired) electrons. The molecule has 2 aromatic carbocycles. The second-order valence-electron chi connectivity index (χ2n) is 8.38. The highest BCUT2D eigenvalue weighted by Crippen LogP contribution is 2.37. The number of hydrogen-bond acceptors (Lipinski definition) is 5. The molecule has 1 fully saturated rings. The van der Waals surface area contributed by atoms with Crippen LogP contribution in [0.1, 0.15) is 42.6 Å². The van der Waals surface area contributed by atoms with E-state index in [0.717, 1.165) is 12.0 Å². The van der Waals surface area contributed by atoms with Crippen molar-refractivity contribution in [3.05, 3.63) is 70.2 Å². The lowest BCUT2D eigenvalue weighted by Gasteiger charge is -2.27. The second kappa shape index (κ2) is 12.5. The lowest BCUT2D eigenvalue weighted by molar-refractivity contribution is -0.143. The standard InChI is InChI=1S/C26H31ClN2O5/c1-2-18-4-6-19(7-5-18)12-14-29(17-23(31)28-13-3-15-30)26(33)22-16-24(32)34-25(22)20-8-10-21(27)11-9-20/h4-11,22,25,30H,2-3,12-17H2,1H3,(H,28,31)/t22-,25?/m0/s1. The van der Waals surface area contributed by atoms with Crippen molar-refractivity contribution in [3.8, 4) is 0 Å². The van der Waals surface area contributed by atoms with Crippen LogP contribution in [0.4, 0.5) is 0 Å². The maximum atomic E-state index is 13.6. The quantitative estimate of drug-likeness (QED) is 0.376. The molecule has 182 valence electrons. The van der Waals surface area contributed by atoms with Gasteiger partial charge in [0.15, 0.2) is 0 Å². The second-order valence-corrected chi connectivity index (χ2v) is 8.82. The molecule has 0 aromatic heterocycles. The Balaban J connectivity index is 1.76. The third-order valence-electron chi connectivity index (χ3n) is 5.93. The van der Waals surface area contributed by atoms with E-state index >= 15 is 0 Å². The van der Waals surface area contributed by atoms with Crippen LogP contribution in [0.2, 0.25) is 5.02 Å². The van der Waals surface area contributed by atoms with Gasteiger partial charge >= 0.3 is 5.97 Å². The Kier molecular flexibility index (Phi) is 9.48. The van der Waals surface area contributed by atoms with Gasteiger partial charge < -0.3 is 20.1 Å². The van der Waals surface area contributed by atoms with E-state index in [4.69, 9.17) is 21.4 Å². The van der Waals surface area contributed by atoms with Crippen LogP contribution < -0.4 is 5.32 Å². The van der Waals surface area contributed by atoms with Gasteiger partial charge in [0.05, 0.1) is 18.9 Å². The van der Waals surface area contributed by atoms with Crippen molar-refractivity contribution in [2.24, 2.45) is 5.92 Å². The summed E-state index contributed by atoms with van der Waals surface area (Å²) in [7, 11) is 0. The van der Waals surface area contributed by atoms with Crippen LogP contribution in [0.5, 0.6) is 0 Å². The zero-order valence-electron chi connectivity index (χ0n) is 19.3. The van der Waals surface area contributed by atoms with Crippen LogP contribution in [0, 0.1) is 5.92 Å². The van der Waals surface area contributed by atoms with Crippen molar-refractivity contribution < 1.29 is 24.2 Å². The van der Waals surface area contributed by atoms with Crippen molar-refractivity contribution in [1.82, 2.24) is 10.2 Å². The van der Waals surface area contributed by atoms with E-state index in [1.165, 1.54) is 10.5 Å². The molecule has 34 heavy (non-hydrogen) atoms. The lowest BCUT2D eigenvalue weighted by atomic mass is 9.93. The summed E-state index contributed by atoms with van der Waals surface area (Å²) >= 11 is 5.98. The molecule has 2 N–H and O–H groups in total. The largest absolute Gasteiger partial charge is 0.457 e. The van der Waals surface area contributed by atoms with Crippen LogP contribution in [-0.4, -0.2) is 54.0 Å². The Morgan fingerprint density at radius 3 is 2.44 bits per heavy atom. The van der Waals surface area contributed by atoms with E-state index < -0.39 is 18.0 Å². The number of carbonyl (C=O) groups excluding carboxylic acids is 3. The number of aliphatic hydroxyl groups excluding tert-OH is 1. The summed E-state index contributed by atoms with van der Waals surface area (Å²) in [6.45, 7) is 2.59. The topological polar surface area (TPSA) is 95.9 Å². The number of ether oxygens (including phenoxy) is 1. The smallest absolute Gasteiger partial charge is 0.307 e. The van der Waals surface area contributed by atoms with Crippen LogP contribution in [0.15, 0.2) is 48.5 Å². The first kappa shape index (κ1) is 25.7. The molecule has 7 nitrogen and oxygen atoms in total. The van der Waals surface area contributed by atoms with Crippen LogP contribution >= 0.6 is 11.6 Å². The van der Waals surface area contributed by atoms with Gasteiger partial charge in [-0.15, -0.1) is 0 Å². The molecule has 8 heteroatoms. The Morgan fingerprint density at radius 2 is 1.79 bits per heavy atom. The van der Waals surface area contributed by atoms with Crippen molar-refractivity contribution in [1.29, 1.82) is 0 Å². The summed E-state index contributed by atoms with van der Waals surface area (Å²) in [4.78, 5) is 39.7. The number of nitrogens with zero attached hydrogens (tertiary/aromatic N) is 1. The van der Waals surface area contributed by atoms with Crippen molar-refractivity contribution in [2.75, 3.05) is 26.2 Å². The highest BCUT2D eigenvalue weighted by atomic mass is 35.5. The monoisotopic (exact) mass is 486 g/mol. The Labute approximate surface area is 205 Å². The van der Waals surface area contributed by atoms with Gasteiger partial charge in [0.1, 0.15) is 6.10 Å². The highest BCUT2D eigenvalue weighted by Gasteiger charge is 2.42. The Morgan fingerprint density at radius 1 is 1.12 bits per heavy atom. The number of aliphatic hydroxyl groups is 1. The van der Waals surface area contributed by atoms with Crippen molar-refractivity contribution in [2.45, 2.75) is 38.7 Å². The highest BCUT2D eigenvalue weighted by molar-refractivity contribution is 6.30. The predicted molar refractivity (Wildman–Crippen MR) is 129 cm³/mol. The van der Waals surface area contributed by atoms with E-state index in [1.54, 1.807) is 24.3 Å². The molecule has 1 aliphatic heterocycles. The summed E-state index contributed by atoms with van der Waals surface area (Å²) < 4.78 is 5.49. The molecular formula is C26H31ClN2O5. The van der Waals surface area contributed by atoms with Crippen LogP contribution in [-0.2, 0) is 32.0 Å². The number of amides is 2. The molecular weight excluding hydrogens is 456 g/mol. The minimum atomic E-state index is -0.721. The first-order valence-corrected chi connectivity index (χ1v) is 12.0. The molecule has 2 atom stereocenters. The SMILES string of the molecule is CCc1ccc(CCN(CC(=O)NCCCO)C(=O)[C@H]2CC(=O)OC2c2ccc(Cl)cc2)cc1. The number of rotatable bonds is 11. The summed E-state index contributed by atoms with van der Waals surface area (Å²) in [5.41, 5.74) is 2.98.